The first-order chi connectivity index (χ1) is 13.8. The van der Waals surface area contributed by atoms with Gasteiger partial charge in [-0.3, -0.25) is 19.2 Å². The molecule has 6 bridgehead atoms. The number of phenolic OH excluding ortho intramolecular Hbond substituents is 3. The third-order valence-corrected chi connectivity index (χ3v) is 4.73. The van der Waals surface area contributed by atoms with Gasteiger partial charge in [0.05, 0.1) is 10.8 Å². The lowest BCUT2D eigenvalue weighted by atomic mass is 10.1. The Balaban J connectivity index is 2.49. The molecule has 0 atom stereocenters. The van der Waals surface area contributed by atoms with Crippen LogP contribution in [-0.2, 0) is 0 Å². The summed E-state index contributed by atoms with van der Waals surface area (Å²) in [6.45, 7) is 0. The predicted octanol–water partition coefficient (Wildman–Crippen LogP) is 1.70. The number of aromatic hydroxyl groups is 3. The molecule has 5 rings (SSSR count). The van der Waals surface area contributed by atoms with Crippen LogP contribution in [0.2, 0.25) is 0 Å². The molecule has 0 unspecified atom stereocenters. The highest BCUT2D eigenvalue weighted by Gasteiger charge is 2.13. The molecule has 0 amide bonds. The standard InChI is InChI=1S/C22H12O7/c23-15-7-6-14-18(25)10-2-1-3-11(8-10)19(26)20(27)12-4-5-13(16(24)9-12)21(28)17(15)22(14)29/h1-9,23-24,29H. The van der Waals surface area contributed by atoms with Crippen molar-refractivity contribution >= 4 is 32.3 Å². The second-order valence-electron chi connectivity index (χ2n) is 6.49. The first kappa shape index (κ1) is 18.1. The Morgan fingerprint density at radius 2 is 1.10 bits per heavy atom. The Morgan fingerprint density at radius 3 is 1.76 bits per heavy atom. The van der Waals surface area contributed by atoms with Crippen LogP contribution in [0.1, 0.15) is 0 Å². The molecule has 7 nitrogen and oxygen atoms in total. The first-order valence-corrected chi connectivity index (χ1v) is 8.46. The maximum Gasteiger partial charge on any atom is 0.233 e. The monoisotopic (exact) mass is 388 g/mol. The summed E-state index contributed by atoms with van der Waals surface area (Å²) in [5, 5.41) is 29.5. The van der Waals surface area contributed by atoms with Gasteiger partial charge in [0.25, 0.3) is 0 Å². The van der Waals surface area contributed by atoms with Crippen LogP contribution in [0.25, 0.3) is 32.3 Å². The molecule has 7 heteroatoms. The Morgan fingerprint density at radius 1 is 0.517 bits per heavy atom. The quantitative estimate of drug-likeness (QED) is 0.391. The van der Waals surface area contributed by atoms with Crippen molar-refractivity contribution in [3.8, 4) is 17.2 Å². The van der Waals surface area contributed by atoms with Crippen LogP contribution in [0, 0.1) is 0 Å². The molecule has 142 valence electrons. The van der Waals surface area contributed by atoms with Crippen molar-refractivity contribution in [2.24, 2.45) is 0 Å². The highest BCUT2D eigenvalue weighted by atomic mass is 16.3. The van der Waals surface area contributed by atoms with Crippen molar-refractivity contribution < 1.29 is 15.3 Å². The molecule has 0 radical (unpaired) electrons. The van der Waals surface area contributed by atoms with Crippen LogP contribution >= 0.6 is 0 Å². The van der Waals surface area contributed by atoms with Gasteiger partial charge in [0.15, 0.2) is 5.43 Å². The SMILES string of the molecule is O=c1c(=O)c2cccc(c2)c(=O)c2ccc(O)c(c2O)c(=O)c2ccc1cc2O. The molecule has 0 heterocycles. The van der Waals surface area contributed by atoms with Crippen LogP contribution in [0.5, 0.6) is 17.2 Å². The second-order valence-corrected chi connectivity index (χ2v) is 6.49. The summed E-state index contributed by atoms with van der Waals surface area (Å²) in [5.74, 6) is -1.96. The van der Waals surface area contributed by atoms with E-state index in [2.05, 4.69) is 0 Å². The fraction of sp³-hybridized carbons (Fsp3) is 0. The topological polar surface area (TPSA) is 129 Å². The third-order valence-electron chi connectivity index (χ3n) is 4.73. The molecule has 0 fully saturated rings. The smallest absolute Gasteiger partial charge is 0.233 e. The van der Waals surface area contributed by atoms with Crippen LogP contribution in [-0.4, -0.2) is 15.3 Å². The van der Waals surface area contributed by atoms with E-state index in [9.17, 15) is 34.5 Å². The van der Waals surface area contributed by atoms with E-state index in [1.54, 1.807) is 0 Å². The van der Waals surface area contributed by atoms with E-state index < -0.39 is 44.3 Å². The molecule has 0 aromatic heterocycles. The number of hydrogen-bond acceptors (Lipinski definition) is 7. The molecule has 0 aliphatic heterocycles. The van der Waals surface area contributed by atoms with Crippen molar-refractivity contribution in [3.05, 3.63) is 95.5 Å². The molecule has 5 aromatic rings. The fourth-order valence-corrected chi connectivity index (χ4v) is 3.21. The summed E-state index contributed by atoms with van der Waals surface area (Å²) in [4.78, 5) is 50.7. The summed E-state index contributed by atoms with van der Waals surface area (Å²) in [7, 11) is 0. The van der Waals surface area contributed by atoms with Gasteiger partial charge >= 0.3 is 0 Å². The maximum atomic E-state index is 12.9. The molecule has 3 N–H and O–H groups in total. The molecular formula is C22H12O7. The summed E-state index contributed by atoms with van der Waals surface area (Å²) in [5.41, 5.74) is -3.49. The van der Waals surface area contributed by atoms with Gasteiger partial charge in [-0.1, -0.05) is 18.2 Å². The van der Waals surface area contributed by atoms with Crippen molar-refractivity contribution in [1.82, 2.24) is 0 Å². The highest BCUT2D eigenvalue weighted by molar-refractivity contribution is 5.90. The number of rotatable bonds is 0. The molecule has 0 aliphatic rings. The third kappa shape index (κ3) is 2.76. The van der Waals surface area contributed by atoms with Gasteiger partial charge in [-0.15, -0.1) is 0 Å². The van der Waals surface area contributed by atoms with Crippen molar-refractivity contribution in [1.29, 1.82) is 0 Å². The summed E-state index contributed by atoms with van der Waals surface area (Å²) in [6.07, 6.45) is 0. The van der Waals surface area contributed by atoms with Crippen LogP contribution in [0.15, 0.2) is 73.8 Å². The van der Waals surface area contributed by atoms with Crippen LogP contribution in [0.3, 0.4) is 0 Å². The highest BCUT2D eigenvalue weighted by Crippen LogP contribution is 2.29. The van der Waals surface area contributed by atoms with Crippen molar-refractivity contribution in [2.75, 3.05) is 0 Å². The average Bonchev–Trinajstić information content (AvgIpc) is 2.71. The molecule has 0 saturated heterocycles. The number of benzene rings is 3. The van der Waals surface area contributed by atoms with Gasteiger partial charge in [-0.25, -0.2) is 0 Å². The molecule has 0 aliphatic carbocycles. The van der Waals surface area contributed by atoms with E-state index >= 15 is 0 Å². The normalized spacial score (nSPS) is 11.0. The van der Waals surface area contributed by atoms with E-state index in [-0.39, 0.29) is 26.9 Å². The maximum absolute atomic E-state index is 12.9. The van der Waals surface area contributed by atoms with Crippen LogP contribution < -0.4 is 21.7 Å². The fourth-order valence-electron chi connectivity index (χ4n) is 3.21. The lowest BCUT2D eigenvalue weighted by molar-refractivity contribution is 0.464. The van der Waals surface area contributed by atoms with Gasteiger partial charge in [0.1, 0.15) is 22.6 Å². The minimum Gasteiger partial charge on any atom is -0.507 e. The predicted molar refractivity (Wildman–Crippen MR) is 109 cm³/mol. The molecule has 0 spiro atoms. The van der Waals surface area contributed by atoms with Gasteiger partial charge in [-0.2, -0.15) is 0 Å². The van der Waals surface area contributed by atoms with Gasteiger partial charge in [-0.05, 0) is 36.4 Å². The summed E-state index contributed by atoms with van der Waals surface area (Å²) >= 11 is 0. The lowest BCUT2D eigenvalue weighted by Crippen LogP contribution is -2.21. The minimum atomic E-state index is -0.955. The molecule has 5 aromatic carbocycles. The van der Waals surface area contributed by atoms with E-state index in [0.29, 0.717) is 0 Å². The Labute approximate surface area is 161 Å². The Kier molecular flexibility index (Phi) is 4.01. The van der Waals surface area contributed by atoms with Crippen molar-refractivity contribution in [3.63, 3.8) is 0 Å². The number of fused-ring (bicyclic) bond motifs is 3. The number of phenols is 3. The summed E-state index contributed by atoms with van der Waals surface area (Å²) in [6, 6.07) is 10.8. The zero-order valence-electron chi connectivity index (χ0n) is 14.7. The molecular weight excluding hydrogens is 376 g/mol. The largest absolute Gasteiger partial charge is 0.507 e. The van der Waals surface area contributed by atoms with Gasteiger partial charge in [0, 0.05) is 16.2 Å². The van der Waals surface area contributed by atoms with E-state index in [0.717, 1.165) is 24.3 Å². The van der Waals surface area contributed by atoms with E-state index in [4.69, 9.17) is 0 Å². The van der Waals surface area contributed by atoms with Gasteiger partial charge < -0.3 is 15.3 Å². The number of hydrogen-bond donors (Lipinski definition) is 3. The Bertz CT molecular complexity index is 1610. The minimum absolute atomic E-state index is 0.0110. The second kappa shape index (κ2) is 6.42. The molecule has 29 heavy (non-hydrogen) atoms. The van der Waals surface area contributed by atoms with Crippen LogP contribution in [0.4, 0.5) is 0 Å². The average molecular weight is 388 g/mol. The lowest BCUT2D eigenvalue weighted by Gasteiger charge is -2.02. The molecule has 0 saturated carbocycles. The zero-order chi connectivity index (χ0) is 20.9. The Hall–Kier alpha value is -4.26. The van der Waals surface area contributed by atoms with Crippen molar-refractivity contribution in [2.45, 2.75) is 0 Å². The van der Waals surface area contributed by atoms with Gasteiger partial charge in [0.2, 0.25) is 16.3 Å². The van der Waals surface area contributed by atoms with E-state index in [1.165, 1.54) is 30.3 Å². The van der Waals surface area contributed by atoms with E-state index in [1.807, 2.05) is 0 Å². The zero-order valence-corrected chi connectivity index (χ0v) is 14.7. The summed E-state index contributed by atoms with van der Waals surface area (Å²) < 4.78 is 0. The first-order valence-electron chi connectivity index (χ1n) is 8.46.